The number of fused-ring (bicyclic) bond motifs is 1. The number of rotatable bonds is 4. The van der Waals surface area contributed by atoms with E-state index in [4.69, 9.17) is 0 Å². The quantitative estimate of drug-likeness (QED) is 0.751. The normalized spacial score (nSPS) is 23.2. The van der Waals surface area contributed by atoms with E-state index in [1.165, 1.54) is 43.5 Å². The van der Waals surface area contributed by atoms with Crippen LogP contribution in [0.3, 0.4) is 0 Å². The Morgan fingerprint density at radius 1 is 0.885 bits per heavy atom. The SMILES string of the molecule is Cl.O=C1c2ccccc2CCC1(CCN1CCCCC1)c1ccccc1. The van der Waals surface area contributed by atoms with Crippen LogP contribution in [0.4, 0.5) is 0 Å². The second kappa shape index (κ2) is 8.37. The standard InChI is InChI=1S/C23H27NO.ClH/c25-22-21-12-6-5-9-19(21)13-14-23(22,20-10-3-1-4-11-20)15-18-24-16-7-2-8-17-24;/h1,3-6,9-12H,2,7-8,13-18H2;1H. The third-order valence-electron chi connectivity index (χ3n) is 6.15. The fourth-order valence-corrected chi connectivity index (χ4v) is 4.63. The van der Waals surface area contributed by atoms with E-state index in [1.54, 1.807) is 0 Å². The molecule has 3 heteroatoms. The van der Waals surface area contributed by atoms with Crippen LogP contribution >= 0.6 is 12.4 Å². The van der Waals surface area contributed by atoms with Crippen molar-refractivity contribution in [2.75, 3.05) is 19.6 Å². The van der Waals surface area contributed by atoms with Crippen LogP contribution in [-0.4, -0.2) is 30.3 Å². The molecule has 1 atom stereocenters. The highest BCUT2D eigenvalue weighted by atomic mass is 35.5. The first-order chi connectivity index (χ1) is 12.3. The Bertz CT molecular complexity index is 739. The summed E-state index contributed by atoms with van der Waals surface area (Å²) in [5.41, 5.74) is 3.01. The molecule has 2 aromatic rings. The number of likely N-dealkylation sites (tertiary alicyclic amines) is 1. The third-order valence-corrected chi connectivity index (χ3v) is 6.15. The molecule has 0 N–H and O–H groups in total. The minimum Gasteiger partial charge on any atom is -0.303 e. The molecular formula is C23H28ClNO. The molecule has 2 nitrogen and oxygen atoms in total. The summed E-state index contributed by atoms with van der Waals surface area (Å²) < 4.78 is 0. The van der Waals surface area contributed by atoms with E-state index in [0.717, 1.165) is 31.4 Å². The number of benzene rings is 2. The maximum atomic E-state index is 13.6. The first-order valence-electron chi connectivity index (χ1n) is 9.70. The first kappa shape index (κ1) is 19.1. The van der Waals surface area contributed by atoms with Gasteiger partial charge in [-0.25, -0.2) is 0 Å². The molecule has 0 aromatic heterocycles. The molecule has 2 aromatic carbocycles. The molecule has 1 heterocycles. The summed E-state index contributed by atoms with van der Waals surface area (Å²) in [7, 11) is 0. The van der Waals surface area contributed by atoms with Gasteiger partial charge in [-0.1, -0.05) is 61.0 Å². The van der Waals surface area contributed by atoms with Crippen molar-refractivity contribution in [1.82, 2.24) is 4.90 Å². The minimum atomic E-state index is -0.354. The zero-order valence-corrected chi connectivity index (χ0v) is 16.1. The van der Waals surface area contributed by atoms with Crippen LogP contribution in [0.25, 0.3) is 0 Å². The van der Waals surface area contributed by atoms with Crippen LogP contribution in [0.2, 0.25) is 0 Å². The molecule has 0 radical (unpaired) electrons. The Kier molecular flexibility index (Phi) is 6.16. The summed E-state index contributed by atoms with van der Waals surface area (Å²) in [6, 6.07) is 18.7. The summed E-state index contributed by atoms with van der Waals surface area (Å²) in [4.78, 5) is 16.2. The molecule has 138 valence electrons. The number of halogens is 1. The maximum absolute atomic E-state index is 13.6. The number of carbonyl (C=O) groups excluding carboxylic acids is 1. The van der Waals surface area contributed by atoms with E-state index < -0.39 is 0 Å². The van der Waals surface area contributed by atoms with Crippen molar-refractivity contribution < 1.29 is 4.79 Å². The molecule has 2 aliphatic rings. The van der Waals surface area contributed by atoms with Crippen molar-refractivity contribution in [2.24, 2.45) is 0 Å². The number of hydrogen-bond acceptors (Lipinski definition) is 2. The molecule has 1 unspecified atom stereocenters. The van der Waals surface area contributed by atoms with Crippen molar-refractivity contribution in [3.05, 3.63) is 71.3 Å². The fraction of sp³-hybridized carbons (Fsp3) is 0.435. The van der Waals surface area contributed by atoms with Gasteiger partial charge in [0.15, 0.2) is 5.78 Å². The van der Waals surface area contributed by atoms with Crippen LogP contribution in [-0.2, 0) is 11.8 Å². The smallest absolute Gasteiger partial charge is 0.173 e. The number of hydrogen-bond donors (Lipinski definition) is 0. The summed E-state index contributed by atoms with van der Waals surface area (Å²) in [5, 5.41) is 0. The van der Waals surface area contributed by atoms with Crippen LogP contribution in [0, 0.1) is 0 Å². The molecule has 0 bridgehead atoms. The van der Waals surface area contributed by atoms with E-state index in [2.05, 4.69) is 41.3 Å². The number of carbonyl (C=O) groups is 1. The van der Waals surface area contributed by atoms with Gasteiger partial charge in [0.25, 0.3) is 0 Å². The summed E-state index contributed by atoms with van der Waals surface area (Å²) >= 11 is 0. The lowest BCUT2D eigenvalue weighted by atomic mass is 9.64. The molecular weight excluding hydrogens is 342 g/mol. The Labute approximate surface area is 163 Å². The lowest BCUT2D eigenvalue weighted by Gasteiger charge is -2.39. The minimum absolute atomic E-state index is 0. The van der Waals surface area contributed by atoms with Gasteiger partial charge in [-0.3, -0.25) is 4.79 Å². The van der Waals surface area contributed by atoms with Crippen molar-refractivity contribution in [2.45, 2.75) is 43.9 Å². The Morgan fingerprint density at radius 3 is 2.35 bits per heavy atom. The number of nitrogens with zero attached hydrogens (tertiary/aromatic N) is 1. The summed E-state index contributed by atoms with van der Waals surface area (Å²) in [5.74, 6) is 0.331. The predicted octanol–water partition coefficient (Wildman–Crippen LogP) is 5.05. The molecule has 0 amide bonds. The van der Waals surface area contributed by atoms with E-state index in [1.807, 2.05) is 18.2 Å². The second-order valence-corrected chi connectivity index (χ2v) is 7.59. The number of ketones is 1. The van der Waals surface area contributed by atoms with Gasteiger partial charge >= 0.3 is 0 Å². The average Bonchev–Trinajstić information content (AvgIpc) is 2.69. The van der Waals surface area contributed by atoms with Crippen molar-refractivity contribution in [1.29, 1.82) is 0 Å². The van der Waals surface area contributed by atoms with Gasteiger partial charge in [-0.05, 0) is 62.9 Å². The molecule has 1 aliphatic carbocycles. The Hall–Kier alpha value is -1.64. The lowest BCUT2D eigenvalue weighted by molar-refractivity contribution is 0.0828. The number of aryl methyl sites for hydroxylation is 1. The first-order valence-corrected chi connectivity index (χ1v) is 9.70. The molecule has 1 fully saturated rings. The van der Waals surface area contributed by atoms with Crippen molar-refractivity contribution in [3.8, 4) is 0 Å². The van der Waals surface area contributed by atoms with Crippen LogP contribution in [0.1, 0.15) is 53.6 Å². The highest BCUT2D eigenvalue weighted by Crippen LogP contribution is 2.41. The van der Waals surface area contributed by atoms with Gasteiger partial charge < -0.3 is 4.90 Å². The van der Waals surface area contributed by atoms with Gasteiger partial charge in [0.1, 0.15) is 0 Å². The molecule has 26 heavy (non-hydrogen) atoms. The predicted molar refractivity (Wildman–Crippen MR) is 109 cm³/mol. The van der Waals surface area contributed by atoms with Gasteiger partial charge in [0, 0.05) is 5.56 Å². The molecule has 1 aliphatic heterocycles. The average molecular weight is 370 g/mol. The highest BCUT2D eigenvalue weighted by Gasteiger charge is 2.43. The third kappa shape index (κ3) is 3.58. The van der Waals surface area contributed by atoms with Gasteiger partial charge in [0.05, 0.1) is 5.41 Å². The summed E-state index contributed by atoms with van der Waals surface area (Å²) in [6.45, 7) is 3.41. The fourth-order valence-electron chi connectivity index (χ4n) is 4.63. The highest BCUT2D eigenvalue weighted by molar-refractivity contribution is 6.06. The Balaban J connectivity index is 0.00000196. The van der Waals surface area contributed by atoms with Crippen LogP contribution < -0.4 is 0 Å². The number of piperidine rings is 1. The molecule has 4 rings (SSSR count). The zero-order valence-electron chi connectivity index (χ0n) is 15.3. The monoisotopic (exact) mass is 369 g/mol. The molecule has 0 spiro atoms. The maximum Gasteiger partial charge on any atom is 0.173 e. The number of Topliss-reactive ketones (excluding diaryl/α,β-unsaturated/α-hetero) is 1. The molecule has 1 saturated heterocycles. The van der Waals surface area contributed by atoms with Gasteiger partial charge in [-0.2, -0.15) is 0 Å². The van der Waals surface area contributed by atoms with Crippen LogP contribution in [0.5, 0.6) is 0 Å². The van der Waals surface area contributed by atoms with E-state index in [-0.39, 0.29) is 17.8 Å². The topological polar surface area (TPSA) is 20.3 Å². The van der Waals surface area contributed by atoms with Crippen molar-refractivity contribution >= 4 is 18.2 Å². The van der Waals surface area contributed by atoms with Gasteiger partial charge in [0.2, 0.25) is 0 Å². The van der Waals surface area contributed by atoms with Gasteiger partial charge in [-0.15, -0.1) is 12.4 Å². The zero-order chi connectivity index (χ0) is 17.1. The van der Waals surface area contributed by atoms with Crippen molar-refractivity contribution in [3.63, 3.8) is 0 Å². The second-order valence-electron chi connectivity index (χ2n) is 7.59. The van der Waals surface area contributed by atoms with E-state index in [0.29, 0.717) is 5.78 Å². The van der Waals surface area contributed by atoms with E-state index in [9.17, 15) is 4.79 Å². The summed E-state index contributed by atoms with van der Waals surface area (Å²) in [6.07, 6.45) is 6.82. The van der Waals surface area contributed by atoms with E-state index >= 15 is 0 Å². The Morgan fingerprint density at radius 2 is 1.58 bits per heavy atom. The largest absolute Gasteiger partial charge is 0.303 e. The lowest BCUT2D eigenvalue weighted by Crippen LogP contribution is -2.43. The van der Waals surface area contributed by atoms with Crippen LogP contribution in [0.15, 0.2) is 54.6 Å². The molecule has 0 saturated carbocycles.